The molecule has 6 nitrogen and oxygen atoms in total. The van der Waals surface area contributed by atoms with E-state index >= 15 is 0 Å². The molecule has 1 heterocycles. The van der Waals surface area contributed by atoms with E-state index in [0.29, 0.717) is 34.5 Å². The van der Waals surface area contributed by atoms with E-state index in [2.05, 4.69) is 27.8 Å². The van der Waals surface area contributed by atoms with E-state index in [9.17, 15) is 9.59 Å². The summed E-state index contributed by atoms with van der Waals surface area (Å²) in [5.74, 6) is 0.191. The van der Waals surface area contributed by atoms with Gasteiger partial charge in [0.2, 0.25) is 0 Å². The normalized spacial score (nSPS) is 16.1. The van der Waals surface area contributed by atoms with E-state index in [-0.39, 0.29) is 5.91 Å². The lowest BCUT2D eigenvalue weighted by atomic mass is 10.2. The molecule has 0 N–H and O–H groups in total. The Morgan fingerprint density at radius 3 is 2.78 bits per heavy atom. The number of unbranched alkanes of at least 4 members (excludes halogenated alkanes) is 1. The molecule has 0 radical (unpaired) electrons. The Morgan fingerprint density at radius 1 is 1.22 bits per heavy atom. The molecule has 1 amide bonds. The smallest absolute Gasteiger partial charge is 0.338 e. The number of aliphatic imine (C=N–C) groups is 1. The summed E-state index contributed by atoms with van der Waals surface area (Å²) in [6.45, 7) is 4.80. The molecule has 0 aromatic heterocycles. The van der Waals surface area contributed by atoms with Crippen molar-refractivity contribution in [1.29, 1.82) is 0 Å². The monoisotopic (exact) mass is 516 g/mol. The SMILES string of the molecule is CCCCOc1ccc(Br)cc1C=C1SC(=Nc2cccc(C(=O)OCC)c2)N(C)C1=O. The summed E-state index contributed by atoms with van der Waals surface area (Å²) in [5, 5.41) is 0.533. The zero-order valence-corrected chi connectivity index (χ0v) is 20.7. The Morgan fingerprint density at radius 2 is 2.03 bits per heavy atom. The number of carbonyl (C=O) groups excluding carboxylic acids is 2. The van der Waals surface area contributed by atoms with Crippen molar-refractivity contribution in [3.05, 3.63) is 63.0 Å². The standard InChI is InChI=1S/C24H25BrN2O4S/c1-4-6-12-31-20-11-10-18(25)13-17(20)15-21-22(28)27(3)24(32-21)26-19-9-7-8-16(14-19)23(29)30-5-2/h7-11,13-15H,4-6,12H2,1-3H3. The molecule has 0 saturated carbocycles. The van der Waals surface area contributed by atoms with Crippen LogP contribution in [0.25, 0.3) is 6.08 Å². The molecule has 1 aliphatic heterocycles. The van der Waals surface area contributed by atoms with Crippen molar-refractivity contribution in [2.75, 3.05) is 20.3 Å². The number of halogens is 1. The van der Waals surface area contributed by atoms with Crippen LogP contribution in [0.5, 0.6) is 5.75 Å². The molecule has 1 saturated heterocycles. The van der Waals surface area contributed by atoms with E-state index in [1.54, 1.807) is 38.2 Å². The highest BCUT2D eigenvalue weighted by Gasteiger charge is 2.30. The first-order chi connectivity index (χ1) is 15.4. The molecule has 32 heavy (non-hydrogen) atoms. The van der Waals surface area contributed by atoms with E-state index < -0.39 is 5.97 Å². The molecule has 0 bridgehead atoms. The highest BCUT2D eigenvalue weighted by molar-refractivity contribution is 9.10. The average Bonchev–Trinajstić information content (AvgIpc) is 3.03. The number of amides is 1. The number of hydrogen-bond donors (Lipinski definition) is 0. The maximum atomic E-state index is 12.9. The van der Waals surface area contributed by atoms with Crippen LogP contribution >= 0.6 is 27.7 Å². The van der Waals surface area contributed by atoms with Gasteiger partial charge in [-0.3, -0.25) is 9.69 Å². The van der Waals surface area contributed by atoms with Crippen LogP contribution in [0.2, 0.25) is 0 Å². The van der Waals surface area contributed by atoms with Gasteiger partial charge in [0, 0.05) is 17.1 Å². The second kappa shape index (κ2) is 11.3. The average molecular weight is 517 g/mol. The molecular weight excluding hydrogens is 492 g/mol. The van der Waals surface area contributed by atoms with Crippen molar-refractivity contribution in [2.24, 2.45) is 4.99 Å². The van der Waals surface area contributed by atoms with Crippen LogP contribution in [-0.4, -0.2) is 42.2 Å². The molecule has 3 rings (SSSR count). The molecule has 1 fully saturated rings. The minimum atomic E-state index is -0.399. The zero-order valence-electron chi connectivity index (χ0n) is 18.3. The first-order valence-corrected chi connectivity index (χ1v) is 12.0. The Hall–Kier alpha value is -2.58. The highest BCUT2D eigenvalue weighted by Crippen LogP contribution is 2.35. The fourth-order valence-electron chi connectivity index (χ4n) is 2.91. The minimum absolute atomic E-state index is 0.144. The van der Waals surface area contributed by atoms with Crippen molar-refractivity contribution in [1.82, 2.24) is 4.90 Å². The summed E-state index contributed by atoms with van der Waals surface area (Å²) < 4.78 is 11.9. The molecular formula is C24H25BrN2O4S. The topological polar surface area (TPSA) is 68.2 Å². The number of rotatable bonds is 8. The molecule has 8 heteroatoms. The lowest BCUT2D eigenvalue weighted by molar-refractivity contribution is -0.121. The van der Waals surface area contributed by atoms with Gasteiger partial charge in [0.15, 0.2) is 5.17 Å². The van der Waals surface area contributed by atoms with Crippen molar-refractivity contribution in [2.45, 2.75) is 26.7 Å². The lowest BCUT2D eigenvalue weighted by Gasteiger charge is -2.10. The van der Waals surface area contributed by atoms with Gasteiger partial charge in [-0.1, -0.05) is 35.3 Å². The van der Waals surface area contributed by atoms with Gasteiger partial charge in [-0.05, 0) is 67.6 Å². The van der Waals surface area contributed by atoms with E-state index in [4.69, 9.17) is 9.47 Å². The summed E-state index contributed by atoms with van der Waals surface area (Å²) >= 11 is 4.78. The Kier molecular flexibility index (Phi) is 8.53. The molecule has 2 aromatic carbocycles. The summed E-state index contributed by atoms with van der Waals surface area (Å²) in [6.07, 6.45) is 3.83. The Labute approximate surface area is 200 Å². The summed E-state index contributed by atoms with van der Waals surface area (Å²) in [5.41, 5.74) is 1.82. The maximum absolute atomic E-state index is 12.9. The summed E-state index contributed by atoms with van der Waals surface area (Å²) in [4.78, 5) is 31.5. The van der Waals surface area contributed by atoms with E-state index in [0.717, 1.165) is 28.6 Å². The van der Waals surface area contributed by atoms with Gasteiger partial charge in [0.1, 0.15) is 5.75 Å². The molecule has 2 aromatic rings. The summed E-state index contributed by atoms with van der Waals surface area (Å²) in [7, 11) is 1.68. The zero-order chi connectivity index (χ0) is 23.1. The Bertz CT molecular complexity index is 1070. The first-order valence-electron chi connectivity index (χ1n) is 10.4. The van der Waals surface area contributed by atoms with Gasteiger partial charge in [-0.15, -0.1) is 0 Å². The lowest BCUT2D eigenvalue weighted by Crippen LogP contribution is -2.23. The number of benzene rings is 2. The first kappa shape index (κ1) is 24.1. The number of thioether (sulfide) groups is 1. The van der Waals surface area contributed by atoms with Crippen LogP contribution in [0.1, 0.15) is 42.6 Å². The van der Waals surface area contributed by atoms with Gasteiger partial charge < -0.3 is 9.47 Å². The second-order valence-electron chi connectivity index (χ2n) is 7.02. The third kappa shape index (κ3) is 6.01. The largest absolute Gasteiger partial charge is 0.493 e. The van der Waals surface area contributed by atoms with Gasteiger partial charge >= 0.3 is 5.97 Å². The fraction of sp³-hybridized carbons (Fsp3) is 0.292. The van der Waals surface area contributed by atoms with Crippen LogP contribution in [0.3, 0.4) is 0 Å². The molecule has 1 aliphatic rings. The predicted molar refractivity (Wildman–Crippen MR) is 132 cm³/mol. The number of esters is 1. The number of likely N-dealkylation sites (N-methyl/N-ethyl adjacent to an activating group) is 1. The van der Waals surface area contributed by atoms with Crippen molar-refractivity contribution >= 4 is 56.5 Å². The van der Waals surface area contributed by atoms with Crippen molar-refractivity contribution < 1.29 is 19.1 Å². The number of nitrogens with zero attached hydrogens (tertiary/aromatic N) is 2. The van der Waals surface area contributed by atoms with Crippen molar-refractivity contribution in [3.8, 4) is 5.75 Å². The molecule has 0 unspecified atom stereocenters. The molecule has 0 atom stereocenters. The number of amidine groups is 1. The Balaban J connectivity index is 1.87. The number of carbonyl (C=O) groups is 2. The van der Waals surface area contributed by atoms with Crippen LogP contribution in [0.4, 0.5) is 5.69 Å². The molecule has 168 valence electrons. The fourth-order valence-corrected chi connectivity index (χ4v) is 4.27. The molecule has 0 aliphatic carbocycles. The summed E-state index contributed by atoms with van der Waals surface area (Å²) in [6, 6.07) is 12.6. The quantitative estimate of drug-likeness (QED) is 0.243. The maximum Gasteiger partial charge on any atom is 0.338 e. The van der Waals surface area contributed by atoms with Gasteiger partial charge in [0.25, 0.3) is 5.91 Å². The predicted octanol–water partition coefficient (Wildman–Crippen LogP) is 6.04. The third-order valence-electron chi connectivity index (χ3n) is 4.60. The van der Waals surface area contributed by atoms with Crippen LogP contribution in [-0.2, 0) is 9.53 Å². The number of hydrogen-bond acceptors (Lipinski definition) is 6. The van der Waals surface area contributed by atoms with Crippen LogP contribution in [0, 0.1) is 0 Å². The van der Waals surface area contributed by atoms with Crippen LogP contribution in [0.15, 0.2) is 56.8 Å². The second-order valence-corrected chi connectivity index (χ2v) is 8.95. The van der Waals surface area contributed by atoms with Gasteiger partial charge in [-0.25, -0.2) is 9.79 Å². The van der Waals surface area contributed by atoms with Crippen molar-refractivity contribution in [3.63, 3.8) is 0 Å². The van der Waals surface area contributed by atoms with Gasteiger partial charge in [-0.2, -0.15) is 0 Å². The van der Waals surface area contributed by atoms with Gasteiger partial charge in [0.05, 0.1) is 29.4 Å². The molecule has 0 spiro atoms. The third-order valence-corrected chi connectivity index (χ3v) is 6.15. The van der Waals surface area contributed by atoms with Crippen LogP contribution < -0.4 is 4.74 Å². The minimum Gasteiger partial charge on any atom is -0.493 e. The van der Waals surface area contributed by atoms with E-state index in [1.807, 2.05) is 24.3 Å². The highest BCUT2D eigenvalue weighted by atomic mass is 79.9. The number of ether oxygens (including phenoxy) is 2. The van der Waals surface area contributed by atoms with E-state index in [1.165, 1.54) is 16.7 Å².